The van der Waals surface area contributed by atoms with E-state index >= 15 is 0 Å². The molecule has 0 heterocycles. The number of benzene rings is 1. The lowest BCUT2D eigenvalue weighted by atomic mass is 9.93. The van der Waals surface area contributed by atoms with E-state index in [-0.39, 0.29) is 10.7 Å². The van der Waals surface area contributed by atoms with Crippen molar-refractivity contribution in [3.8, 4) is 0 Å². The molecule has 0 bridgehead atoms. The standard InChI is InChI=1S/C14H18O2S/c1-10-5-7-11(8-6-10)17(15,16)13-9-12(13)14(2,3)4/h5-9,13H,1-4H3/t13-/m0/s1. The van der Waals surface area contributed by atoms with E-state index in [1.807, 2.05) is 45.9 Å². The van der Waals surface area contributed by atoms with E-state index in [0.717, 1.165) is 11.1 Å². The summed E-state index contributed by atoms with van der Waals surface area (Å²) < 4.78 is 24.6. The highest BCUT2D eigenvalue weighted by Crippen LogP contribution is 2.44. The maximum absolute atomic E-state index is 12.3. The van der Waals surface area contributed by atoms with Gasteiger partial charge in [-0.3, -0.25) is 0 Å². The smallest absolute Gasteiger partial charge is 0.188 e. The zero-order chi connectivity index (χ0) is 12.8. The second-order valence-corrected chi connectivity index (χ2v) is 7.72. The van der Waals surface area contributed by atoms with E-state index in [0.29, 0.717) is 4.90 Å². The van der Waals surface area contributed by atoms with Gasteiger partial charge in [-0.1, -0.05) is 44.5 Å². The molecule has 2 rings (SSSR count). The first kappa shape index (κ1) is 12.4. The maximum atomic E-state index is 12.3. The van der Waals surface area contributed by atoms with Crippen molar-refractivity contribution in [3.05, 3.63) is 41.5 Å². The lowest BCUT2D eigenvalue weighted by Gasteiger charge is -2.16. The summed E-state index contributed by atoms with van der Waals surface area (Å²) >= 11 is 0. The number of hydrogen-bond donors (Lipinski definition) is 0. The van der Waals surface area contributed by atoms with Crippen LogP contribution in [0.5, 0.6) is 0 Å². The molecule has 0 spiro atoms. The fourth-order valence-corrected chi connectivity index (χ4v) is 3.75. The molecule has 0 aromatic heterocycles. The average molecular weight is 250 g/mol. The molecule has 3 heteroatoms. The predicted molar refractivity (Wildman–Crippen MR) is 69.7 cm³/mol. The second-order valence-electron chi connectivity index (χ2n) is 5.65. The van der Waals surface area contributed by atoms with Gasteiger partial charge < -0.3 is 0 Å². The van der Waals surface area contributed by atoms with Crippen LogP contribution >= 0.6 is 0 Å². The Kier molecular flexibility index (Phi) is 2.69. The summed E-state index contributed by atoms with van der Waals surface area (Å²) in [5, 5.41) is -0.384. The van der Waals surface area contributed by atoms with Crippen LogP contribution in [0.3, 0.4) is 0 Å². The van der Waals surface area contributed by atoms with Gasteiger partial charge in [0.1, 0.15) is 5.25 Å². The van der Waals surface area contributed by atoms with Crippen LogP contribution < -0.4 is 0 Å². The third-order valence-corrected chi connectivity index (χ3v) is 5.07. The fraction of sp³-hybridized carbons (Fsp3) is 0.429. The van der Waals surface area contributed by atoms with Crippen LogP contribution in [0, 0.1) is 12.3 Å². The summed E-state index contributed by atoms with van der Waals surface area (Å²) in [4.78, 5) is 0.420. The third-order valence-electron chi connectivity index (χ3n) is 3.08. The van der Waals surface area contributed by atoms with Crippen LogP contribution in [-0.2, 0) is 9.84 Å². The van der Waals surface area contributed by atoms with Crippen molar-refractivity contribution < 1.29 is 8.42 Å². The van der Waals surface area contributed by atoms with E-state index in [4.69, 9.17) is 0 Å². The van der Waals surface area contributed by atoms with Crippen molar-refractivity contribution >= 4 is 9.84 Å². The molecule has 0 fully saturated rings. The molecular weight excluding hydrogens is 232 g/mol. The minimum absolute atomic E-state index is 0.0531. The summed E-state index contributed by atoms with van der Waals surface area (Å²) in [6.45, 7) is 8.09. The van der Waals surface area contributed by atoms with Crippen LogP contribution in [0.4, 0.5) is 0 Å². The van der Waals surface area contributed by atoms with Gasteiger partial charge in [0.05, 0.1) is 4.90 Å². The summed E-state index contributed by atoms with van der Waals surface area (Å²) in [7, 11) is -3.21. The molecule has 92 valence electrons. The molecule has 2 nitrogen and oxygen atoms in total. The van der Waals surface area contributed by atoms with Gasteiger partial charge in [-0.2, -0.15) is 0 Å². The zero-order valence-corrected chi connectivity index (χ0v) is 11.5. The number of aryl methyl sites for hydroxylation is 1. The molecule has 1 aliphatic rings. The minimum atomic E-state index is -3.21. The van der Waals surface area contributed by atoms with Crippen LogP contribution in [-0.4, -0.2) is 13.7 Å². The Balaban J connectivity index is 2.26. The number of sulfone groups is 1. The average Bonchev–Trinajstić information content (AvgIpc) is 2.96. The highest BCUT2D eigenvalue weighted by atomic mass is 32.2. The zero-order valence-electron chi connectivity index (χ0n) is 10.7. The van der Waals surface area contributed by atoms with Gasteiger partial charge in [-0.15, -0.1) is 0 Å². The first-order chi connectivity index (χ1) is 7.73. The van der Waals surface area contributed by atoms with E-state index in [1.165, 1.54) is 0 Å². The molecule has 0 saturated carbocycles. The predicted octanol–water partition coefficient (Wildman–Crippen LogP) is 3.12. The summed E-state index contributed by atoms with van der Waals surface area (Å²) in [6, 6.07) is 7.06. The van der Waals surface area contributed by atoms with Gasteiger partial charge in [-0.05, 0) is 30.0 Å². The molecule has 1 aromatic carbocycles. The molecule has 1 aromatic rings. The van der Waals surface area contributed by atoms with Gasteiger partial charge in [0.15, 0.2) is 9.84 Å². The molecule has 1 aliphatic carbocycles. The Labute approximate surface area is 103 Å². The molecule has 0 unspecified atom stereocenters. The van der Waals surface area contributed by atoms with Crippen LogP contribution in [0.25, 0.3) is 0 Å². The molecule has 0 radical (unpaired) electrons. The highest BCUT2D eigenvalue weighted by molar-refractivity contribution is 7.92. The quantitative estimate of drug-likeness (QED) is 0.756. The maximum Gasteiger partial charge on any atom is 0.188 e. The molecular formula is C14H18O2S. The Morgan fingerprint density at radius 2 is 1.59 bits per heavy atom. The van der Waals surface area contributed by atoms with Gasteiger partial charge in [-0.25, -0.2) is 8.42 Å². The van der Waals surface area contributed by atoms with Crippen LogP contribution in [0.1, 0.15) is 26.3 Å². The normalized spacial score (nSPS) is 20.0. The van der Waals surface area contributed by atoms with E-state index in [2.05, 4.69) is 0 Å². The number of rotatable bonds is 2. The largest absolute Gasteiger partial charge is 0.223 e. The first-order valence-electron chi connectivity index (χ1n) is 5.76. The Morgan fingerprint density at radius 3 is 2.00 bits per heavy atom. The van der Waals surface area contributed by atoms with Gasteiger partial charge in [0.2, 0.25) is 0 Å². The number of hydrogen-bond acceptors (Lipinski definition) is 2. The third kappa shape index (κ3) is 2.29. The lowest BCUT2D eigenvalue weighted by molar-refractivity contribution is 0.515. The summed E-state index contributed by atoms with van der Waals surface area (Å²) in [6.07, 6.45) is 1.86. The van der Waals surface area contributed by atoms with Crippen molar-refractivity contribution in [1.29, 1.82) is 0 Å². The van der Waals surface area contributed by atoms with Crippen LogP contribution in [0.15, 0.2) is 40.8 Å². The van der Waals surface area contributed by atoms with Crippen LogP contribution in [0.2, 0.25) is 0 Å². The Bertz CT molecular complexity index is 557. The van der Waals surface area contributed by atoms with Crippen molar-refractivity contribution in [2.24, 2.45) is 5.41 Å². The molecule has 0 aliphatic heterocycles. The van der Waals surface area contributed by atoms with E-state index in [1.54, 1.807) is 12.1 Å². The van der Waals surface area contributed by atoms with Crippen molar-refractivity contribution in [3.63, 3.8) is 0 Å². The van der Waals surface area contributed by atoms with Gasteiger partial charge in [0, 0.05) is 0 Å². The molecule has 17 heavy (non-hydrogen) atoms. The first-order valence-corrected chi connectivity index (χ1v) is 7.30. The van der Waals surface area contributed by atoms with Gasteiger partial charge in [0.25, 0.3) is 0 Å². The highest BCUT2D eigenvalue weighted by Gasteiger charge is 2.43. The molecule has 1 atom stereocenters. The van der Waals surface area contributed by atoms with Crippen molar-refractivity contribution in [1.82, 2.24) is 0 Å². The lowest BCUT2D eigenvalue weighted by Crippen LogP contribution is -2.16. The second kappa shape index (κ2) is 3.70. The molecule has 0 amide bonds. The fourth-order valence-electron chi connectivity index (χ4n) is 1.92. The molecule has 0 saturated heterocycles. The summed E-state index contributed by atoms with van der Waals surface area (Å²) in [5.41, 5.74) is 2.05. The SMILES string of the molecule is Cc1ccc(S(=O)(=O)[C@H]2C=C2C(C)(C)C)cc1. The Morgan fingerprint density at radius 1 is 1.06 bits per heavy atom. The van der Waals surface area contributed by atoms with Gasteiger partial charge >= 0.3 is 0 Å². The topological polar surface area (TPSA) is 34.1 Å². The van der Waals surface area contributed by atoms with E-state index in [9.17, 15) is 8.42 Å². The molecule has 0 N–H and O–H groups in total. The Hall–Kier alpha value is -1.09. The van der Waals surface area contributed by atoms with Crippen molar-refractivity contribution in [2.75, 3.05) is 0 Å². The van der Waals surface area contributed by atoms with E-state index < -0.39 is 9.84 Å². The van der Waals surface area contributed by atoms with Crippen molar-refractivity contribution in [2.45, 2.75) is 37.8 Å². The monoisotopic (exact) mass is 250 g/mol. The minimum Gasteiger partial charge on any atom is -0.223 e. The summed E-state index contributed by atoms with van der Waals surface area (Å²) in [5.74, 6) is 0.